The van der Waals surface area contributed by atoms with Gasteiger partial charge in [-0.1, -0.05) is 42.5 Å². The van der Waals surface area contributed by atoms with E-state index in [0.29, 0.717) is 0 Å². The Morgan fingerprint density at radius 1 is 0.857 bits per heavy atom. The number of hydrogen-bond acceptors (Lipinski definition) is 2. The lowest BCUT2D eigenvalue weighted by atomic mass is 9.86. The number of hydrogen-bond donors (Lipinski definition) is 2. The Labute approximate surface area is 138 Å². The number of aryl methyl sites for hydroxylation is 2. The van der Waals surface area contributed by atoms with Crippen molar-refractivity contribution in [2.45, 2.75) is 32.6 Å². The molecule has 0 bridgehead atoms. The van der Waals surface area contributed by atoms with Crippen LogP contribution in [-0.2, 0) is 12.8 Å². The molecule has 108 valence electrons. The summed E-state index contributed by atoms with van der Waals surface area (Å²) in [6.07, 6.45) is 4.93. The highest BCUT2D eigenvalue weighted by molar-refractivity contribution is 7.96. The molecule has 21 heavy (non-hydrogen) atoms. The van der Waals surface area contributed by atoms with Crippen molar-refractivity contribution in [2.75, 3.05) is 0 Å². The van der Waals surface area contributed by atoms with Crippen LogP contribution in [0.15, 0.2) is 42.5 Å². The monoisotopic (exact) mass is 312 g/mol. The SMILES string of the molecule is Cc1ccc2c(c1/C(S)=C(/S)c1ccccc1)CCCC2. The first-order valence-electron chi connectivity index (χ1n) is 7.48. The first-order chi connectivity index (χ1) is 10.2. The van der Waals surface area contributed by atoms with Gasteiger partial charge in [0, 0.05) is 9.81 Å². The zero-order valence-corrected chi connectivity index (χ0v) is 14.1. The summed E-state index contributed by atoms with van der Waals surface area (Å²) < 4.78 is 0. The molecule has 0 aromatic heterocycles. The van der Waals surface area contributed by atoms with Crippen LogP contribution in [0.3, 0.4) is 0 Å². The van der Waals surface area contributed by atoms with Crippen molar-refractivity contribution in [3.63, 3.8) is 0 Å². The standard InChI is InChI=1S/C19H20S2/c1-13-11-12-14-7-5-6-10-16(14)17(13)19(21)18(20)15-8-3-2-4-9-15/h2-4,8-9,11-12,20-21H,5-7,10H2,1H3/b19-18-. The first-order valence-corrected chi connectivity index (χ1v) is 8.37. The second-order valence-electron chi connectivity index (χ2n) is 5.67. The Kier molecular flexibility index (Phi) is 4.46. The van der Waals surface area contributed by atoms with Crippen LogP contribution in [0.4, 0.5) is 0 Å². The molecule has 0 aliphatic heterocycles. The van der Waals surface area contributed by atoms with Crippen LogP contribution >= 0.6 is 25.3 Å². The predicted octanol–water partition coefficient (Wildman–Crippen LogP) is 5.56. The van der Waals surface area contributed by atoms with Crippen LogP contribution < -0.4 is 0 Å². The van der Waals surface area contributed by atoms with Crippen molar-refractivity contribution in [3.05, 3.63) is 70.3 Å². The van der Waals surface area contributed by atoms with E-state index in [1.54, 1.807) is 0 Å². The van der Waals surface area contributed by atoms with Crippen LogP contribution in [0, 0.1) is 6.92 Å². The summed E-state index contributed by atoms with van der Waals surface area (Å²) in [5, 5.41) is 0. The Bertz CT molecular complexity index is 684. The summed E-state index contributed by atoms with van der Waals surface area (Å²) >= 11 is 9.58. The molecule has 0 spiro atoms. The van der Waals surface area contributed by atoms with Gasteiger partial charge in [0.1, 0.15) is 0 Å². The second kappa shape index (κ2) is 6.33. The zero-order chi connectivity index (χ0) is 14.8. The molecule has 1 aliphatic carbocycles. The molecule has 0 unspecified atom stereocenters. The zero-order valence-electron chi connectivity index (χ0n) is 12.3. The fourth-order valence-electron chi connectivity index (χ4n) is 3.13. The Hall–Kier alpha value is -1.12. The third-order valence-electron chi connectivity index (χ3n) is 4.25. The predicted molar refractivity (Wildman–Crippen MR) is 99.0 cm³/mol. The van der Waals surface area contributed by atoms with E-state index in [2.05, 4.69) is 31.2 Å². The van der Waals surface area contributed by atoms with Gasteiger partial charge in [-0.05, 0) is 60.4 Å². The number of benzene rings is 2. The van der Waals surface area contributed by atoms with Crippen molar-refractivity contribution in [3.8, 4) is 0 Å². The molecular weight excluding hydrogens is 292 g/mol. The van der Waals surface area contributed by atoms with Gasteiger partial charge in [-0.15, -0.1) is 25.3 Å². The molecule has 0 nitrogen and oxygen atoms in total. The van der Waals surface area contributed by atoms with Crippen LogP contribution in [0.2, 0.25) is 0 Å². The van der Waals surface area contributed by atoms with Crippen LogP contribution in [0.25, 0.3) is 9.81 Å². The van der Waals surface area contributed by atoms with Gasteiger partial charge in [-0.3, -0.25) is 0 Å². The largest absolute Gasteiger partial charge is 0.142 e. The molecule has 0 fully saturated rings. The minimum atomic E-state index is 0.959. The van der Waals surface area contributed by atoms with Gasteiger partial charge in [0.25, 0.3) is 0 Å². The van der Waals surface area contributed by atoms with Crippen molar-refractivity contribution in [2.24, 2.45) is 0 Å². The Morgan fingerprint density at radius 3 is 2.33 bits per heavy atom. The molecule has 1 aliphatic rings. The van der Waals surface area contributed by atoms with Gasteiger partial charge in [0.15, 0.2) is 0 Å². The van der Waals surface area contributed by atoms with E-state index in [4.69, 9.17) is 25.3 Å². The van der Waals surface area contributed by atoms with E-state index in [9.17, 15) is 0 Å². The fourth-order valence-corrected chi connectivity index (χ4v) is 3.83. The molecule has 2 aromatic rings. The maximum absolute atomic E-state index is 4.83. The van der Waals surface area contributed by atoms with E-state index in [1.807, 2.05) is 18.2 Å². The Balaban J connectivity index is 2.16. The van der Waals surface area contributed by atoms with E-state index in [-0.39, 0.29) is 0 Å². The lowest BCUT2D eigenvalue weighted by Crippen LogP contribution is -2.07. The van der Waals surface area contributed by atoms with Crippen molar-refractivity contribution in [1.29, 1.82) is 0 Å². The molecule has 0 amide bonds. The third kappa shape index (κ3) is 2.93. The molecule has 0 atom stereocenters. The third-order valence-corrected chi connectivity index (χ3v) is 5.35. The minimum absolute atomic E-state index is 0.959. The topological polar surface area (TPSA) is 0 Å². The molecule has 0 saturated heterocycles. The molecule has 0 saturated carbocycles. The first kappa shape index (κ1) is 14.8. The molecular formula is C19H20S2. The summed E-state index contributed by atoms with van der Waals surface area (Å²) in [4.78, 5) is 1.96. The smallest absolute Gasteiger partial charge is 0.0258 e. The van der Waals surface area contributed by atoms with E-state index in [0.717, 1.165) is 21.8 Å². The van der Waals surface area contributed by atoms with Crippen LogP contribution in [0.5, 0.6) is 0 Å². The molecule has 2 heteroatoms. The van der Waals surface area contributed by atoms with Gasteiger partial charge in [-0.2, -0.15) is 0 Å². The van der Waals surface area contributed by atoms with Crippen molar-refractivity contribution < 1.29 is 0 Å². The van der Waals surface area contributed by atoms with Crippen molar-refractivity contribution in [1.82, 2.24) is 0 Å². The van der Waals surface area contributed by atoms with Crippen LogP contribution in [0.1, 0.15) is 40.7 Å². The van der Waals surface area contributed by atoms with Crippen molar-refractivity contribution >= 4 is 35.1 Å². The quantitative estimate of drug-likeness (QED) is 0.526. The highest BCUT2D eigenvalue weighted by atomic mass is 32.1. The number of thiol groups is 2. The normalized spacial score (nSPS) is 15.4. The fraction of sp³-hybridized carbons (Fsp3) is 0.263. The molecule has 3 rings (SSSR count). The molecule has 0 heterocycles. The lowest BCUT2D eigenvalue weighted by Gasteiger charge is -2.22. The average Bonchev–Trinajstić information content (AvgIpc) is 2.54. The lowest BCUT2D eigenvalue weighted by molar-refractivity contribution is 0.684. The van der Waals surface area contributed by atoms with Gasteiger partial charge in [-0.25, -0.2) is 0 Å². The Morgan fingerprint density at radius 2 is 1.57 bits per heavy atom. The molecule has 0 N–H and O–H groups in total. The maximum atomic E-state index is 4.83. The summed E-state index contributed by atoms with van der Waals surface area (Å²) in [6.45, 7) is 2.17. The summed E-state index contributed by atoms with van der Waals surface area (Å²) in [7, 11) is 0. The average molecular weight is 313 g/mol. The van der Waals surface area contributed by atoms with Gasteiger partial charge in [0.2, 0.25) is 0 Å². The van der Waals surface area contributed by atoms with E-state index < -0.39 is 0 Å². The van der Waals surface area contributed by atoms with Crippen LogP contribution in [-0.4, -0.2) is 0 Å². The van der Waals surface area contributed by atoms with Gasteiger partial charge >= 0.3 is 0 Å². The second-order valence-corrected chi connectivity index (χ2v) is 6.56. The van der Waals surface area contributed by atoms with Gasteiger partial charge < -0.3 is 0 Å². The number of rotatable bonds is 2. The highest BCUT2D eigenvalue weighted by Crippen LogP contribution is 2.38. The van der Waals surface area contributed by atoms with Gasteiger partial charge in [0.05, 0.1) is 0 Å². The molecule has 2 aromatic carbocycles. The summed E-state index contributed by atoms with van der Waals surface area (Å²) in [6, 6.07) is 14.8. The summed E-state index contributed by atoms with van der Waals surface area (Å²) in [5.74, 6) is 0. The molecule has 0 radical (unpaired) electrons. The minimum Gasteiger partial charge on any atom is -0.142 e. The van der Waals surface area contributed by atoms with E-state index in [1.165, 1.54) is 41.5 Å². The summed E-state index contributed by atoms with van der Waals surface area (Å²) in [5.41, 5.74) is 6.68. The van der Waals surface area contributed by atoms with E-state index >= 15 is 0 Å². The highest BCUT2D eigenvalue weighted by Gasteiger charge is 2.18. The number of fused-ring (bicyclic) bond motifs is 1. The maximum Gasteiger partial charge on any atom is 0.0258 e.